The van der Waals surface area contributed by atoms with E-state index >= 15 is 0 Å². The zero-order valence-electron chi connectivity index (χ0n) is 14.1. The van der Waals surface area contributed by atoms with Crippen molar-refractivity contribution in [3.05, 3.63) is 42.0 Å². The first kappa shape index (κ1) is 17.2. The van der Waals surface area contributed by atoms with E-state index in [1.54, 1.807) is 37.3 Å². The molecule has 0 N–H and O–H groups in total. The average molecular weight is 346 g/mol. The Labute approximate surface area is 144 Å². The van der Waals surface area contributed by atoms with E-state index in [2.05, 4.69) is 0 Å². The van der Waals surface area contributed by atoms with Crippen molar-refractivity contribution in [3.63, 3.8) is 0 Å². The molecular weight excluding hydrogens is 328 g/mol. The zero-order valence-corrected chi connectivity index (χ0v) is 14.1. The lowest BCUT2D eigenvalue weighted by Crippen LogP contribution is -2.55. The number of Topliss-reactive ketones (excluding diaryl/α,β-unsaturated/α-hetero) is 1. The summed E-state index contributed by atoms with van der Waals surface area (Å²) in [6.07, 6.45) is 1.00. The summed E-state index contributed by atoms with van der Waals surface area (Å²) in [7, 11) is 2.30. The SMILES string of the molecule is C/C=C\[C@H]1O[C@H]2Oc3ccccc3C(=O)[C@@H]2C1(C(=O)OC)C(=O)OC. The molecule has 0 bridgehead atoms. The number of ether oxygens (including phenoxy) is 4. The van der Waals surface area contributed by atoms with Crippen LogP contribution in [0.1, 0.15) is 17.3 Å². The van der Waals surface area contributed by atoms with Gasteiger partial charge < -0.3 is 18.9 Å². The smallest absolute Gasteiger partial charge is 0.327 e. The molecule has 0 amide bonds. The third-order valence-corrected chi connectivity index (χ3v) is 4.58. The van der Waals surface area contributed by atoms with Crippen molar-refractivity contribution in [2.24, 2.45) is 11.3 Å². The number of rotatable bonds is 3. The van der Waals surface area contributed by atoms with Gasteiger partial charge >= 0.3 is 11.9 Å². The monoisotopic (exact) mass is 346 g/mol. The third-order valence-electron chi connectivity index (χ3n) is 4.58. The molecule has 7 nitrogen and oxygen atoms in total. The average Bonchev–Trinajstić information content (AvgIpc) is 2.95. The topological polar surface area (TPSA) is 88.1 Å². The quantitative estimate of drug-likeness (QED) is 0.466. The fourth-order valence-corrected chi connectivity index (χ4v) is 3.49. The number of ketones is 1. The standard InChI is InChI=1S/C18H18O7/c1-4-7-12-18(16(20)22-2,17(21)23-3)13-14(19)10-8-5-6-9-11(10)24-15(13)25-12/h4-9,12-13,15H,1-3H3/b7-4-/t12-,13+,15-/m1/s1. The van der Waals surface area contributed by atoms with Gasteiger partial charge in [0.1, 0.15) is 17.8 Å². The summed E-state index contributed by atoms with van der Waals surface area (Å²) in [6, 6.07) is 6.61. The van der Waals surface area contributed by atoms with Crippen molar-refractivity contribution < 1.29 is 33.3 Å². The maximum absolute atomic E-state index is 13.1. The number of fused-ring (bicyclic) bond motifs is 2. The number of hydrogen-bond donors (Lipinski definition) is 0. The Kier molecular flexibility index (Phi) is 4.34. The molecule has 0 unspecified atom stereocenters. The number of methoxy groups -OCH3 is 2. The van der Waals surface area contributed by atoms with E-state index in [0.717, 1.165) is 14.2 Å². The predicted octanol–water partition coefficient (Wildman–Crippen LogP) is 1.51. The molecule has 25 heavy (non-hydrogen) atoms. The number of hydrogen-bond acceptors (Lipinski definition) is 7. The summed E-state index contributed by atoms with van der Waals surface area (Å²) in [6.45, 7) is 1.71. The highest BCUT2D eigenvalue weighted by Gasteiger charge is 2.71. The Morgan fingerprint density at radius 3 is 2.40 bits per heavy atom. The Morgan fingerprint density at radius 2 is 1.80 bits per heavy atom. The van der Waals surface area contributed by atoms with E-state index in [4.69, 9.17) is 18.9 Å². The van der Waals surface area contributed by atoms with E-state index in [0.29, 0.717) is 5.75 Å². The van der Waals surface area contributed by atoms with Gasteiger partial charge in [-0.1, -0.05) is 24.3 Å². The zero-order chi connectivity index (χ0) is 18.2. The van der Waals surface area contributed by atoms with Crippen LogP contribution in [-0.4, -0.2) is 44.3 Å². The molecule has 2 aliphatic rings. The summed E-state index contributed by atoms with van der Waals surface area (Å²) in [4.78, 5) is 38.5. The molecule has 3 atom stereocenters. The first-order valence-electron chi connectivity index (χ1n) is 7.77. The lowest BCUT2D eigenvalue weighted by Gasteiger charge is -2.33. The fraction of sp³-hybridized carbons (Fsp3) is 0.389. The van der Waals surface area contributed by atoms with Gasteiger partial charge in [0.15, 0.2) is 5.78 Å². The van der Waals surface area contributed by atoms with Crippen molar-refractivity contribution in [1.29, 1.82) is 0 Å². The highest BCUT2D eigenvalue weighted by Crippen LogP contribution is 2.51. The molecule has 1 aromatic rings. The Bertz CT molecular complexity index is 736. The minimum Gasteiger partial charge on any atom is -0.468 e. The van der Waals surface area contributed by atoms with Crippen LogP contribution < -0.4 is 4.74 Å². The molecule has 7 heteroatoms. The number of para-hydroxylation sites is 1. The van der Waals surface area contributed by atoms with Crippen LogP contribution in [0, 0.1) is 11.3 Å². The van der Waals surface area contributed by atoms with Crippen LogP contribution in [0.25, 0.3) is 0 Å². The molecule has 0 spiro atoms. The molecule has 0 aromatic heterocycles. The first-order valence-corrected chi connectivity index (χ1v) is 7.77. The maximum atomic E-state index is 13.1. The molecule has 3 rings (SSSR count). The highest BCUT2D eigenvalue weighted by atomic mass is 16.7. The van der Waals surface area contributed by atoms with Crippen molar-refractivity contribution in [2.45, 2.75) is 19.3 Å². The molecule has 132 valence electrons. The van der Waals surface area contributed by atoms with Gasteiger partial charge in [0.25, 0.3) is 0 Å². The van der Waals surface area contributed by atoms with Crippen molar-refractivity contribution in [3.8, 4) is 5.75 Å². The minimum atomic E-state index is -1.97. The highest BCUT2D eigenvalue weighted by molar-refractivity contribution is 6.12. The van der Waals surface area contributed by atoms with Gasteiger partial charge in [-0.05, 0) is 19.1 Å². The Morgan fingerprint density at radius 1 is 1.16 bits per heavy atom. The third kappa shape index (κ3) is 2.26. The van der Waals surface area contributed by atoms with E-state index in [-0.39, 0.29) is 5.56 Å². The van der Waals surface area contributed by atoms with Gasteiger partial charge in [0, 0.05) is 0 Å². The van der Waals surface area contributed by atoms with Crippen LogP contribution in [0.4, 0.5) is 0 Å². The van der Waals surface area contributed by atoms with Crippen molar-refractivity contribution in [2.75, 3.05) is 14.2 Å². The van der Waals surface area contributed by atoms with Crippen LogP contribution in [0.15, 0.2) is 36.4 Å². The van der Waals surface area contributed by atoms with Crippen LogP contribution in [-0.2, 0) is 23.8 Å². The summed E-state index contributed by atoms with van der Waals surface area (Å²) >= 11 is 0. The molecule has 1 aromatic carbocycles. The van der Waals surface area contributed by atoms with Gasteiger partial charge in [-0.25, -0.2) is 0 Å². The number of carbonyl (C=O) groups excluding carboxylic acids is 3. The Balaban J connectivity index is 2.21. The number of esters is 2. The number of carbonyl (C=O) groups is 3. The second-order valence-electron chi connectivity index (χ2n) is 5.76. The molecule has 1 saturated heterocycles. The molecular formula is C18H18O7. The van der Waals surface area contributed by atoms with Gasteiger partial charge in [0.05, 0.1) is 19.8 Å². The van der Waals surface area contributed by atoms with Crippen LogP contribution in [0.3, 0.4) is 0 Å². The van der Waals surface area contributed by atoms with Crippen LogP contribution in [0.5, 0.6) is 5.75 Å². The van der Waals surface area contributed by atoms with Crippen molar-refractivity contribution >= 4 is 17.7 Å². The maximum Gasteiger partial charge on any atom is 0.327 e. The molecule has 0 saturated carbocycles. The lowest BCUT2D eigenvalue weighted by molar-refractivity contribution is -0.173. The van der Waals surface area contributed by atoms with Gasteiger partial charge in [0.2, 0.25) is 11.7 Å². The molecule has 2 heterocycles. The predicted molar refractivity (Wildman–Crippen MR) is 84.8 cm³/mol. The molecule has 0 aliphatic carbocycles. The normalized spacial score (nSPS) is 26.5. The van der Waals surface area contributed by atoms with Gasteiger partial charge in [-0.2, -0.15) is 0 Å². The molecule has 0 radical (unpaired) electrons. The van der Waals surface area contributed by atoms with Gasteiger partial charge in [-0.3, -0.25) is 14.4 Å². The number of benzene rings is 1. The summed E-state index contributed by atoms with van der Waals surface area (Å²) in [5.74, 6) is -3.07. The summed E-state index contributed by atoms with van der Waals surface area (Å²) in [5.41, 5.74) is -1.68. The fourth-order valence-electron chi connectivity index (χ4n) is 3.49. The number of allylic oxidation sites excluding steroid dienone is 1. The lowest BCUT2D eigenvalue weighted by atomic mass is 9.68. The van der Waals surface area contributed by atoms with Crippen LogP contribution >= 0.6 is 0 Å². The second-order valence-corrected chi connectivity index (χ2v) is 5.76. The van der Waals surface area contributed by atoms with Crippen LogP contribution in [0.2, 0.25) is 0 Å². The Hall–Kier alpha value is -2.67. The molecule has 1 fully saturated rings. The van der Waals surface area contributed by atoms with Crippen molar-refractivity contribution in [1.82, 2.24) is 0 Å². The molecule has 2 aliphatic heterocycles. The first-order chi connectivity index (χ1) is 12.0. The van der Waals surface area contributed by atoms with E-state index in [9.17, 15) is 14.4 Å². The summed E-state index contributed by atoms with van der Waals surface area (Å²) < 4.78 is 21.2. The largest absolute Gasteiger partial charge is 0.468 e. The summed E-state index contributed by atoms with van der Waals surface area (Å²) in [5, 5.41) is 0. The van der Waals surface area contributed by atoms with E-state index in [1.807, 2.05) is 0 Å². The van der Waals surface area contributed by atoms with Gasteiger partial charge in [-0.15, -0.1) is 0 Å². The van der Waals surface area contributed by atoms with E-state index < -0.39 is 41.4 Å². The van der Waals surface area contributed by atoms with E-state index in [1.165, 1.54) is 6.08 Å². The second kappa shape index (κ2) is 6.33. The minimum absolute atomic E-state index is 0.283.